The summed E-state index contributed by atoms with van der Waals surface area (Å²) in [6.45, 7) is 2.49. The number of aromatic nitrogens is 2. The van der Waals surface area contributed by atoms with Gasteiger partial charge in [0.2, 0.25) is 11.8 Å². The Hall–Kier alpha value is -2.21. The molecule has 0 atom stereocenters. The molecule has 1 aromatic carbocycles. The highest BCUT2D eigenvalue weighted by atomic mass is 16.5. The van der Waals surface area contributed by atoms with Crippen molar-refractivity contribution in [3.63, 3.8) is 0 Å². The Labute approximate surface area is 111 Å². The lowest BCUT2D eigenvalue weighted by atomic mass is 10.2. The molecule has 19 heavy (non-hydrogen) atoms. The maximum Gasteiger partial charge on any atom is 0.325 e. The fourth-order valence-corrected chi connectivity index (χ4v) is 1.74. The number of aliphatic imine (C=N–C) groups is 1. The van der Waals surface area contributed by atoms with Gasteiger partial charge in [-0.05, 0) is 24.6 Å². The Kier molecular flexibility index (Phi) is 4.25. The molecule has 2 rings (SSSR count). The van der Waals surface area contributed by atoms with Crippen LogP contribution in [0.25, 0.3) is 0 Å². The molecule has 0 aliphatic rings. The van der Waals surface area contributed by atoms with Crippen molar-refractivity contribution in [1.82, 2.24) is 10.6 Å². The standard InChI is InChI=1S/C13H16N4O2/c1-10(18)15-13-12(8-14-2)17(16-19-13)9-11-6-4-3-5-7-11/h3-7,14H,8-9H2,1-2H3. The van der Waals surface area contributed by atoms with E-state index < -0.39 is 0 Å². The van der Waals surface area contributed by atoms with Crippen molar-refractivity contribution >= 4 is 11.8 Å². The summed E-state index contributed by atoms with van der Waals surface area (Å²) in [4.78, 5) is 3.81. The second kappa shape index (κ2) is 6.10. The third kappa shape index (κ3) is 3.38. The lowest BCUT2D eigenvalue weighted by molar-refractivity contribution is -0.760. The SMILES string of the molecule is CNCc1c(/N=C(/C)[O-])on[n+]1Cc1ccccc1. The molecule has 0 saturated heterocycles. The van der Waals surface area contributed by atoms with Crippen molar-refractivity contribution in [2.24, 2.45) is 4.99 Å². The summed E-state index contributed by atoms with van der Waals surface area (Å²) < 4.78 is 6.82. The van der Waals surface area contributed by atoms with Gasteiger partial charge in [0.25, 0.3) is 5.69 Å². The monoisotopic (exact) mass is 260 g/mol. The van der Waals surface area contributed by atoms with Gasteiger partial charge in [0, 0.05) is 5.56 Å². The third-order valence-electron chi connectivity index (χ3n) is 2.56. The molecule has 0 radical (unpaired) electrons. The maximum atomic E-state index is 11.1. The van der Waals surface area contributed by atoms with Gasteiger partial charge in [-0.1, -0.05) is 30.3 Å². The Morgan fingerprint density at radius 1 is 1.42 bits per heavy atom. The molecule has 1 heterocycles. The smallest absolute Gasteiger partial charge is 0.325 e. The van der Waals surface area contributed by atoms with Crippen LogP contribution in [0.1, 0.15) is 18.2 Å². The third-order valence-corrected chi connectivity index (χ3v) is 2.56. The molecule has 1 aromatic heterocycles. The van der Waals surface area contributed by atoms with Crippen LogP contribution in [0, 0.1) is 0 Å². The molecule has 6 heteroatoms. The number of hydrogen-bond donors (Lipinski definition) is 1. The van der Waals surface area contributed by atoms with E-state index in [-0.39, 0.29) is 11.8 Å². The first-order chi connectivity index (χ1) is 9.20. The summed E-state index contributed by atoms with van der Waals surface area (Å²) in [7, 11) is 1.82. The topological polar surface area (TPSA) is 77.4 Å². The molecule has 100 valence electrons. The number of nitrogens with zero attached hydrogens (tertiary/aromatic N) is 3. The van der Waals surface area contributed by atoms with E-state index in [4.69, 9.17) is 4.52 Å². The Morgan fingerprint density at radius 3 is 2.79 bits per heavy atom. The minimum Gasteiger partial charge on any atom is -0.862 e. The van der Waals surface area contributed by atoms with Gasteiger partial charge < -0.3 is 10.4 Å². The molecule has 0 unspecified atom stereocenters. The van der Waals surface area contributed by atoms with Gasteiger partial charge in [-0.25, -0.2) is 4.99 Å². The lowest BCUT2D eigenvalue weighted by Crippen LogP contribution is -2.41. The largest absolute Gasteiger partial charge is 0.862 e. The van der Waals surface area contributed by atoms with Crippen molar-refractivity contribution in [3.8, 4) is 0 Å². The maximum absolute atomic E-state index is 11.1. The van der Waals surface area contributed by atoms with Crippen molar-refractivity contribution < 1.29 is 14.3 Å². The Balaban J connectivity index is 2.30. The number of hydrogen-bond acceptors (Lipinski definition) is 5. The van der Waals surface area contributed by atoms with Gasteiger partial charge >= 0.3 is 5.88 Å². The van der Waals surface area contributed by atoms with E-state index in [9.17, 15) is 5.11 Å². The van der Waals surface area contributed by atoms with Gasteiger partial charge in [0.05, 0.1) is 6.54 Å². The van der Waals surface area contributed by atoms with Gasteiger partial charge in [0.1, 0.15) is 0 Å². The first kappa shape index (κ1) is 13.2. The molecule has 0 saturated carbocycles. The normalized spacial score (nSPS) is 11.8. The van der Waals surface area contributed by atoms with E-state index in [0.29, 0.717) is 13.1 Å². The minimum absolute atomic E-state index is 0.262. The highest BCUT2D eigenvalue weighted by Gasteiger charge is 2.23. The van der Waals surface area contributed by atoms with E-state index in [1.807, 2.05) is 37.4 Å². The van der Waals surface area contributed by atoms with Crippen LogP contribution in [-0.2, 0) is 13.1 Å². The zero-order valence-corrected chi connectivity index (χ0v) is 11.0. The number of nitrogens with one attached hydrogen (secondary N) is 1. The van der Waals surface area contributed by atoms with Crippen molar-refractivity contribution in [2.75, 3.05) is 7.05 Å². The molecule has 0 aliphatic heterocycles. The summed E-state index contributed by atoms with van der Waals surface area (Å²) in [6.07, 6.45) is 0. The van der Waals surface area contributed by atoms with Gasteiger partial charge in [-0.2, -0.15) is 0 Å². The van der Waals surface area contributed by atoms with Gasteiger partial charge in [-0.3, -0.25) is 4.52 Å². The lowest BCUT2D eigenvalue weighted by Gasteiger charge is -1.99. The van der Waals surface area contributed by atoms with Crippen LogP contribution in [0.3, 0.4) is 0 Å². The van der Waals surface area contributed by atoms with Crippen LogP contribution in [-0.4, -0.2) is 18.2 Å². The molecule has 2 aromatic rings. The predicted octanol–water partition coefficient (Wildman–Crippen LogP) is 0.140. The van der Waals surface area contributed by atoms with Crippen LogP contribution in [0.15, 0.2) is 39.8 Å². The van der Waals surface area contributed by atoms with Gasteiger partial charge in [0.15, 0.2) is 0 Å². The molecule has 0 aliphatic carbocycles. The van der Waals surface area contributed by atoms with Gasteiger partial charge in [-0.15, -0.1) is 0 Å². The molecular formula is C13H16N4O2. The first-order valence-corrected chi connectivity index (χ1v) is 6.00. The van der Waals surface area contributed by atoms with E-state index >= 15 is 0 Å². The van der Waals surface area contributed by atoms with Crippen molar-refractivity contribution in [2.45, 2.75) is 20.0 Å². The van der Waals surface area contributed by atoms with E-state index in [1.54, 1.807) is 4.68 Å². The highest BCUT2D eigenvalue weighted by molar-refractivity contribution is 5.71. The Morgan fingerprint density at radius 2 is 2.16 bits per heavy atom. The molecule has 1 N–H and O–H groups in total. The second-order valence-electron chi connectivity index (χ2n) is 4.13. The van der Waals surface area contributed by atoms with Crippen LogP contribution in [0.5, 0.6) is 0 Å². The molecule has 0 spiro atoms. The molecular weight excluding hydrogens is 244 g/mol. The Bertz CT molecular complexity index is 559. The zero-order valence-electron chi connectivity index (χ0n) is 11.0. The molecule has 6 nitrogen and oxygen atoms in total. The first-order valence-electron chi connectivity index (χ1n) is 6.00. The van der Waals surface area contributed by atoms with E-state index in [1.165, 1.54) is 6.92 Å². The quantitative estimate of drug-likeness (QED) is 0.471. The van der Waals surface area contributed by atoms with E-state index in [2.05, 4.69) is 15.6 Å². The highest BCUT2D eigenvalue weighted by Crippen LogP contribution is 2.14. The number of benzene rings is 1. The van der Waals surface area contributed by atoms with E-state index in [0.717, 1.165) is 11.3 Å². The average Bonchev–Trinajstić information content (AvgIpc) is 2.74. The fourth-order valence-electron chi connectivity index (χ4n) is 1.74. The van der Waals surface area contributed by atoms with Crippen LogP contribution >= 0.6 is 0 Å². The molecule has 0 fully saturated rings. The van der Waals surface area contributed by atoms with Crippen molar-refractivity contribution in [1.29, 1.82) is 0 Å². The molecule has 0 amide bonds. The average molecular weight is 260 g/mol. The summed E-state index contributed by atoms with van der Waals surface area (Å²) in [5.41, 5.74) is 1.86. The van der Waals surface area contributed by atoms with Crippen LogP contribution in [0.2, 0.25) is 0 Å². The van der Waals surface area contributed by atoms with Crippen LogP contribution < -0.4 is 15.1 Å². The summed E-state index contributed by atoms with van der Waals surface area (Å²) in [5, 5.41) is 18.0. The molecule has 0 bridgehead atoms. The van der Waals surface area contributed by atoms with Crippen LogP contribution in [0.4, 0.5) is 5.88 Å². The zero-order chi connectivity index (χ0) is 13.7. The van der Waals surface area contributed by atoms with Crippen molar-refractivity contribution in [3.05, 3.63) is 41.6 Å². The number of rotatable bonds is 5. The summed E-state index contributed by atoms with van der Waals surface area (Å²) >= 11 is 0. The summed E-state index contributed by atoms with van der Waals surface area (Å²) in [5.74, 6) is -0.0434. The fraction of sp³-hybridized carbons (Fsp3) is 0.308. The second-order valence-corrected chi connectivity index (χ2v) is 4.13. The predicted molar refractivity (Wildman–Crippen MR) is 67.8 cm³/mol. The minimum atomic E-state index is -0.305. The summed E-state index contributed by atoms with van der Waals surface area (Å²) in [6, 6.07) is 9.91.